The van der Waals surface area contributed by atoms with Crippen molar-refractivity contribution in [3.05, 3.63) is 40.5 Å². The number of nitrogens with zero attached hydrogens (tertiary/aromatic N) is 4. The van der Waals surface area contributed by atoms with Gasteiger partial charge in [-0.15, -0.1) is 16.4 Å². The zero-order chi connectivity index (χ0) is 23.3. The first-order valence-corrected chi connectivity index (χ1v) is 12.1. The van der Waals surface area contributed by atoms with E-state index in [4.69, 9.17) is 23.4 Å². The number of aliphatic hydroxyl groups is 1. The molecule has 0 aliphatic carbocycles. The fourth-order valence-electron chi connectivity index (χ4n) is 3.79. The van der Waals surface area contributed by atoms with E-state index in [1.54, 1.807) is 24.9 Å². The van der Waals surface area contributed by atoms with Crippen LogP contribution in [0.5, 0.6) is 16.7 Å². The minimum Gasteiger partial charge on any atom is -0.496 e. The molecule has 10 nitrogen and oxygen atoms in total. The summed E-state index contributed by atoms with van der Waals surface area (Å²) in [6.07, 6.45) is 2.33. The molecule has 1 aromatic carbocycles. The lowest BCUT2D eigenvalue weighted by Gasteiger charge is -2.16. The van der Waals surface area contributed by atoms with Crippen LogP contribution >= 0.6 is 22.7 Å². The first-order valence-electron chi connectivity index (χ1n) is 10.4. The maximum atomic E-state index is 10.7. The van der Waals surface area contributed by atoms with Crippen LogP contribution < -0.4 is 14.2 Å². The van der Waals surface area contributed by atoms with Gasteiger partial charge in [0, 0.05) is 30.5 Å². The Morgan fingerprint density at radius 3 is 2.88 bits per heavy atom. The fraction of sp³-hybridized carbons (Fsp3) is 0.318. The summed E-state index contributed by atoms with van der Waals surface area (Å²) in [5, 5.41) is 18.9. The van der Waals surface area contributed by atoms with Gasteiger partial charge in [-0.05, 0) is 17.4 Å². The van der Waals surface area contributed by atoms with Crippen LogP contribution in [0.4, 0.5) is 0 Å². The van der Waals surface area contributed by atoms with E-state index in [1.165, 1.54) is 22.7 Å². The van der Waals surface area contributed by atoms with Crippen molar-refractivity contribution in [1.29, 1.82) is 0 Å². The van der Waals surface area contributed by atoms with Gasteiger partial charge in [-0.1, -0.05) is 0 Å². The van der Waals surface area contributed by atoms with E-state index in [1.807, 2.05) is 23.6 Å². The largest absolute Gasteiger partial charge is 0.496 e. The minimum absolute atomic E-state index is 0.236. The molecule has 1 N–H and O–H groups in total. The summed E-state index contributed by atoms with van der Waals surface area (Å²) in [7, 11) is 3.17. The molecule has 6 rings (SSSR count). The van der Waals surface area contributed by atoms with Gasteiger partial charge in [-0.25, -0.2) is 14.5 Å². The monoisotopic (exact) mass is 500 g/mol. The smallest absolute Gasteiger partial charge is 0.294 e. The van der Waals surface area contributed by atoms with E-state index in [2.05, 4.69) is 15.1 Å². The SMILES string of the molecule is COc1cc(OCc2csc(C3(O)CCOC3)n2)c2cc(-c3cn4nc(OC)sc4n3)oc2c1. The average Bonchev–Trinajstić information content (AvgIpc) is 3.64. The Morgan fingerprint density at radius 1 is 1.21 bits per heavy atom. The highest BCUT2D eigenvalue weighted by Crippen LogP contribution is 2.38. The lowest BCUT2D eigenvalue weighted by atomic mass is 10.1. The maximum absolute atomic E-state index is 10.7. The molecule has 34 heavy (non-hydrogen) atoms. The normalized spacial score (nSPS) is 18.2. The third kappa shape index (κ3) is 3.68. The van der Waals surface area contributed by atoms with E-state index < -0.39 is 5.60 Å². The number of imidazole rings is 1. The van der Waals surface area contributed by atoms with Crippen molar-refractivity contribution in [1.82, 2.24) is 19.6 Å². The predicted octanol–water partition coefficient (Wildman–Crippen LogP) is 3.86. The second kappa shape index (κ2) is 8.24. The van der Waals surface area contributed by atoms with E-state index in [0.717, 1.165) is 11.1 Å². The molecule has 1 unspecified atom stereocenters. The summed E-state index contributed by atoms with van der Waals surface area (Å²) < 4.78 is 29.8. The Morgan fingerprint density at radius 2 is 2.12 bits per heavy atom. The molecule has 12 heteroatoms. The van der Waals surface area contributed by atoms with Crippen LogP contribution in [-0.4, -0.2) is 52.1 Å². The quantitative estimate of drug-likeness (QED) is 0.356. The number of hydrogen-bond acceptors (Lipinski definition) is 11. The van der Waals surface area contributed by atoms with Gasteiger partial charge in [0.25, 0.3) is 5.19 Å². The number of benzene rings is 1. The molecular weight excluding hydrogens is 480 g/mol. The van der Waals surface area contributed by atoms with Crippen LogP contribution in [0.2, 0.25) is 0 Å². The summed E-state index contributed by atoms with van der Waals surface area (Å²) in [5.74, 6) is 1.80. The lowest BCUT2D eigenvalue weighted by molar-refractivity contribution is 0.0228. The van der Waals surface area contributed by atoms with Crippen molar-refractivity contribution < 1.29 is 28.5 Å². The predicted molar refractivity (Wildman–Crippen MR) is 125 cm³/mol. The van der Waals surface area contributed by atoms with Crippen molar-refractivity contribution in [3.63, 3.8) is 0 Å². The molecule has 0 saturated carbocycles. The molecule has 5 heterocycles. The van der Waals surface area contributed by atoms with Crippen LogP contribution in [0, 0.1) is 0 Å². The molecule has 1 atom stereocenters. The molecule has 176 valence electrons. The second-order valence-corrected chi connectivity index (χ2v) is 9.62. The second-order valence-electron chi connectivity index (χ2n) is 7.84. The Hall–Kier alpha value is -3.19. The molecule has 1 aliphatic heterocycles. The molecule has 0 radical (unpaired) electrons. The van der Waals surface area contributed by atoms with E-state index in [-0.39, 0.29) is 13.2 Å². The van der Waals surface area contributed by atoms with Gasteiger partial charge in [0.05, 0.1) is 38.1 Å². The van der Waals surface area contributed by atoms with Crippen LogP contribution in [-0.2, 0) is 16.9 Å². The molecule has 5 aromatic rings. The van der Waals surface area contributed by atoms with Crippen molar-refractivity contribution in [2.75, 3.05) is 27.4 Å². The van der Waals surface area contributed by atoms with Gasteiger partial charge < -0.3 is 28.5 Å². The number of fused-ring (bicyclic) bond motifs is 2. The number of ether oxygens (including phenoxy) is 4. The number of furan rings is 1. The van der Waals surface area contributed by atoms with Crippen LogP contribution in [0.15, 0.2) is 34.2 Å². The van der Waals surface area contributed by atoms with Gasteiger partial charge in [0.2, 0.25) is 4.96 Å². The molecule has 1 fully saturated rings. The summed E-state index contributed by atoms with van der Waals surface area (Å²) in [6.45, 7) is 1.04. The molecule has 0 spiro atoms. The van der Waals surface area contributed by atoms with Gasteiger partial charge in [-0.2, -0.15) is 0 Å². The molecule has 0 amide bonds. The first kappa shape index (κ1) is 21.4. The third-order valence-electron chi connectivity index (χ3n) is 5.59. The number of rotatable bonds is 7. The lowest BCUT2D eigenvalue weighted by Crippen LogP contribution is -2.25. The van der Waals surface area contributed by atoms with E-state index in [9.17, 15) is 5.11 Å². The highest BCUT2D eigenvalue weighted by molar-refractivity contribution is 7.18. The zero-order valence-electron chi connectivity index (χ0n) is 18.3. The number of aromatic nitrogens is 4. The zero-order valence-corrected chi connectivity index (χ0v) is 19.9. The van der Waals surface area contributed by atoms with Crippen LogP contribution in [0.25, 0.3) is 27.4 Å². The summed E-state index contributed by atoms with van der Waals surface area (Å²) >= 11 is 2.76. The highest BCUT2D eigenvalue weighted by atomic mass is 32.1. The van der Waals surface area contributed by atoms with Crippen LogP contribution in [0.1, 0.15) is 17.1 Å². The van der Waals surface area contributed by atoms with Gasteiger partial charge in [0.1, 0.15) is 40.0 Å². The van der Waals surface area contributed by atoms with Crippen molar-refractivity contribution in [2.45, 2.75) is 18.6 Å². The molecule has 4 aromatic heterocycles. The Kier molecular flexibility index (Phi) is 5.17. The van der Waals surface area contributed by atoms with Crippen LogP contribution in [0.3, 0.4) is 0 Å². The van der Waals surface area contributed by atoms with E-state index in [0.29, 0.717) is 56.7 Å². The number of thiazole rings is 1. The average molecular weight is 501 g/mol. The van der Waals surface area contributed by atoms with Crippen molar-refractivity contribution >= 4 is 38.6 Å². The van der Waals surface area contributed by atoms with Gasteiger partial charge in [-0.3, -0.25) is 0 Å². The Balaban J connectivity index is 1.29. The Labute approximate surface area is 201 Å². The van der Waals surface area contributed by atoms with Crippen molar-refractivity contribution in [2.24, 2.45) is 0 Å². The van der Waals surface area contributed by atoms with Gasteiger partial charge in [0.15, 0.2) is 5.76 Å². The summed E-state index contributed by atoms with van der Waals surface area (Å²) in [6, 6.07) is 5.51. The minimum atomic E-state index is -1.01. The van der Waals surface area contributed by atoms with Crippen molar-refractivity contribution in [3.8, 4) is 28.1 Å². The standard InChI is InChI=1S/C22H20N4O6S2/c1-28-13-5-16(31-9-12-10-33-19(23-12)22(27)3-4-30-11-22)14-7-18(32-17(14)6-13)15-8-26-20(24-15)34-21(25-26)29-2/h5-8,10,27H,3-4,9,11H2,1-2H3. The third-order valence-corrected chi connectivity index (χ3v) is 7.55. The fourth-order valence-corrected chi connectivity index (χ4v) is 5.41. The van der Waals surface area contributed by atoms with E-state index >= 15 is 0 Å². The molecule has 1 aliphatic rings. The maximum Gasteiger partial charge on any atom is 0.294 e. The summed E-state index contributed by atoms with van der Waals surface area (Å²) in [5.41, 5.74) is 0.985. The van der Waals surface area contributed by atoms with Gasteiger partial charge >= 0.3 is 0 Å². The number of methoxy groups -OCH3 is 2. The highest BCUT2D eigenvalue weighted by Gasteiger charge is 2.37. The first-order chi connectivity index (χ1) is 16.5. The number of hydrogen-bond donors (Lipinski definition) is 1. The molecular formula is C22H20N4O6S2. The summed E-state index contributed by atoms with van der Waals surface area (Å²) in [4.78, 5) is 9.86. The Bertz CT molecular complexity index is 1450. The topological polar surface area (TPSA) is 113 Å². The molecule has 1 saturated heterocycles. The molecule has 0 bridgehead atoms.